The maximum Gasteiger partial charge on any atom is 0.157 e. The number of ether oxygens (including phenoxy) is 2. The second-order valence-corrected chi connectivity index (χ2v) is 7.48. The highest BCUT2D eigenvalue weighted by Crippen LogP contribution is 2.40. The molecule has 1 aromatic rings. The first-order valence-electron chi connectivity index (χ1n) is 8.59. The predicted octanol–water partition coefficient (Wildman–Crippen LogP) is 4.03. The minimum absolute atomic E-state index is 0.127. The van der Waals surface area contributed by atoms with Gasteiger partial charge in [-0.15, -0.1) is 0 Å². The Hall–Kier alpha value is -0.850. The van der Waals surface area contributed by atoms with E-state index in [1.165, 1.54) is 0 Å². The normalized spacial score (nSPS) is 29.4. The summed E-state index contributed by atoms with van der Waals surface area (Å²) in [6.45, 7) is 3.00. The van der Waals surface area contributed by atoms with Crippen LogP contribution in [0, 0.1) is 5.41 Å². The average Bonchev–Trinajstić information content (AvgIpc) is 2.93. The fraction of sp³-hybridized carbons (Fsp3) is 0.611. The van der Waals surface area contributed by atoms with Gasteiger partial charge in [0, 0.05) is 18.6 Å². The van der Waals surface area contributed by atoms with Gasteiger partial charge in [-0.1, -0.05) is 34.4 Å². The fourth-order valence-electron chi connectivity index (χ4n) is 3.24. The summed E-state index contributed by atoms with van der Waals surface area (Å²) < 4.78 is 11.4. The molecule has 0 spiro atoms. The van der Waals surface area contributed by atoms with E-state index in [2.05, 4.69) is 5.16 Å². The first-order chi connectivity index (χ1) is 12.1. The molecule has 138 valence electrons. The number of aliphatic hydroxyl groups excluding tert-OH is 1. The van der Waals surface area contributed by atoms with E-state index in [-0.39, 0.29) is 19.0 Å². The molecule has 1 saturated heterocycles. The molecule has 2 heterocycles. The molecule has 25 heavy (non-hydrogen) atoms. The van der Waals surface area contributed by atoms with Crippen LogP contribution in [-0.4, -0.2) is 43.0 Å². The van der Waals surface area contributed by atoms with Crippen molar-refractivity contribution in [2.24, 2.45) is 10.6 Å². The Balaban J connectivity index is 1.67. The smallest absolute Gasteiger partial charge is 0.157 e. The molecule has 5 nitrogen and oxygen atoms in total. The van der Waals surface area contributed by atoms with Crippen LogP contribution in [0.5, 0.6) is 0 Å². The summed E-state index contributed by atoms with van der Waals surface area (Å²) in [7, 11) is 0. The number of halogens is 2. The number of nitrogens with zero attached hydrogens (tertiary/aromatic N) is 1. The number of benzene rings is 1. The lowest BCUT2D eigenvalue weighted by molar-refractivity contribution is -0.168. The van der Waals surface area contributed by atoms with Crippen LogP contribution in [0.15, 0.2) is 23.4 Å². The van der Waals surface area contributed by atoms with Crippen LogP contribution in [-0.2, 0) is 14.3 Å². The van der Waals surface area contributed by atoms with Gasteiger partial charge in [0.15, 0.2) is 6.29 Å². The van der Waals surface area contributed by atoms with Gasteiger partial charge in [-0.3, -0.25) is 0 Å². The zero-order valence-electron chi connectivity index (χ0n) is 14.2. The Kier molecular flexibility index (Phi) is 6.23. The van der Waals surface area contributed by atoms with Crippen LogP contribution in [0.4, 0.5) is 0 Å². The summed E-state index contributed by atoms with van der Waals surface area (Å²) in [5, 5.41) is 15.2. The maximum absolute atomic E-state index is 10.0. The van der Waals surface area contributed by atoms with Crippen LogP contribution in [0.25, 0.3) is 0 Å². The highest BCUT2D eigenvalue weighted by atomic mass is 35.5. The summed E-state index contributed by atoms with van der Waals surface area (Å²) in [4.78, 5) is 5.62. The van der Waals surface area contributed by atoms with Crippen molar-refractivity contribution in [1.82, 2.24) is 0 Å². The number of oxime groups is 1. The molecule has 0 radical (unpaired) electrons. The zero-order chi connectivity index (χ0) is 17.9. The van der Waals surface area contributed by atoms with E-state index in [4.69, 9.17) is 37.5 Å². The second-order valence-electron chi connectivity index (χ2n) is 6.66. The highest BCUT2D eigenvalue weighted by Gasteiger charge is 2.47. The van der Waals surface area contributed by atoms with Crippen molar-refractivity contribution in [1.29, 1.82) is 0 Å². The van der Waals surface area contributed by atoms with Gasteiger partial charge < -0.3 is 19.4 Å². The van der Waals surface area contributed by atoms with E-state index in [1.54, 1.807) is 18.2 Å². The molecule has 3 atom stereocenters. The van der Waals surface area contributed by atoms with Crippen molar-refractivity contribution in [2.45, 2.75) is 45.0 Å². The molecule has 0 aromatic heterocycles. The van der Waals surface area contributed by atoms with Crippen LogP contribution in [0.1, 0.15) is 38.2 Å². The first-order valence-corrected chi connectivity index (χ1v) is 9.34. The van der Waals surface area contributed by atoms with E-state index in [1.807, 2.05) is 6.92 Å². The van der Waals surface area contributed by atoms with Crippen molar-refractivity contribution in [2.75, 3.05) is 19.8 Å². The van der Waals surface area contributed by atoms with Gasteiger partial charge in [0.1, 0.15) is 11.8 Å². The molecule has 3 rings (SSSR count). The quantitative estimate of drug-likeness (QED) is 0.800. The molecule has 2 aliphatic rings. The van der Waals surface area contributed by atoms with E-state index < -0.39 is 5.41 Å². The Morgan fingerprint density at radius 3 is 2.72 bits per heavy atom. The molecule has 2 aliphatic heterocycles. The average molecular weight is 388 g/mol. The van der Waals surface area contributed by atoms with Gasteiger partial charge in [0.25, 0.3) is 0 Å². The third-order valence-electron chi connectivity index (χ3n) is 4.87. The molecule has 0 bridgehead atoms. The highest BCUT2D eigenvalue weighted by molar-refractivity contribution is 6.40. The van der Waals surface area contributed by atoms with Crippen molar-refractivity contribution >= 4 is 28.9 Å². The lowest BCUT2D eigenvalue weighted by Crippen LogP contribution is -2.41. The summed E-state index contributed by atoms with van der Waals surface area (Å²) in [6.07, 6.45) is 3.25. The second kappa shape index (κ2) is 8.23. The van der Waals surface area contributed by atoms with Gasteiger partial charge >= 0.3 is 0 Å². The van der Waals surface area contributed by atoms with Crippen molar-refractivity contribution in [3.05, 3.63) is 33.8 Å². The molecular weight excluding hydrogens is 365 g/mol. The standard InChI is InChI=1S/C18H23Cl2NO4/c1-18(11-22)14(8-10-24-15-7-2-3-9-23-15)25-21-17(18)16-12(19)5-4-6-13(16)20/h4-6,14-15,22H,2-3,7-11H2,1H3. The molecule has 1 aromatic carbocycles. The van der Waals surface area contributed by atoms with Crippen molar-refractivity contribution in [3.63, 3.8) is 0 Å². The van der Waals surface area contributed by atoms with Gasteiger partial charge in [0.2, 0.25) is 0 Å². The van der Waals surface area contributed by atoms with Crippen molar-refractivity contribution in [3.8, 4) is 0 Å². The van der Waals surface area contributed by atoms with Crippen LogP contribution >= 0.6 is 23.2 Å². The van der Waals surface area contributed by atoms with Gasteiger partial charge in [-0.05, 0) is 38.3 Å². The van der Waals surface area contributed by atoms with E-state index in [0.717, 1.165) is 25.9 Å². The third-order valence-corrected chi connectivity index (χ3v) is 5.50. The lowest BCUT2D eigenvalue weighted by atomic mass is 9.77. The molecule has 1 fully saturated rings. The van der Waals surface area contributed by atoms with E-state index >= 15 is 0 Å². The van der Waals surface area contributed by atoms with Crippen LogP contribution < -0.4 is 0 Å². The fourth-order valence-corrected chi connectivity index (χ4v) is 3.82. The Morgan fingerprint density at radius 1 is 1.32 bits per heavy atom. The van der Waals surface area contributed by atoms with Crippen molar-refractivity contribution < 1.29 is 19.4 Å². The van der Waals surface area contributed by atoms with Crippen LogP contribution in [0.3, 0.4) is 0 Å². The molecule has 3 unspecified atom stereocenters. The Labute approximate surface area is 157 Å². The Bertz CT molecular complexity index is 613. The summed E-state index contributed by atoms with van der Waals surface area (Å²) >= 11 is 12.6. The maximum atomic E-state index is 10.0. The topological polar surface area (TPSA) is 60.3 Å². The van der Waals surface area contributed by atoms with Gasteiger partial charge in [-0.2, -0.15) is 0 Å². The molecule has 1 N–H and O–H groups in total. The number of hydrogen-bond donors (Lipinski definition) is 1. The summed E-state index contributed by atoms with van der Waals surface area (Å²) in [5.74, 6) is 0. The minimum atomic E-state index is -0.703. The summed E-state index contributed by atoms with van der Waals surface area (Å²) in [6, 6.07) is 5.27. The molecule has 0 saturated carbocycles. The number of hydrogen-bond acceptors (Lipinski definition) is 5. The SMILES string of the molecule is CC1(CO)C(c2c(Cl)cccc2Cl)=NOC1CCOC1CCCCO1. The lowest BCUT2D eigenvalue weighted by Gasteiger charge is -2.29. The monoisotopic (exact) mass is 387 g/mol. The van der Waals surface area contributed by atoms with Crippen LogP contribution in [0.2, 0.25) is 10.0 Å². The van der Waals surface area contributed by atoms with Gasteiger partial charge in [-0.25, -0.2) is 0 Å². The van der Waals surface area contributed by atoms with E-state index in [0.29, 0.717) is 34.3 Å². The summed E-state index contributed by atoms with van der Waals surface area (Å²) in [5.41, 5.74) is 0.483. The number of aliphatic hydroxyl groups is 1. The predicted molar refractivity (Wildman–Crippen MR) is 97.2 cm³/mol. The third kappa shape index (κ3) is 3.96. The number of rotatable bonds is 6. The molecule has 0 amide bonds. The van der Waals surface area contributed by atoms with E-state index in [9.17, 15) is 5.11 Å². The molecule has 7 heteroatoms. The van der Waals surface area contributed by atoms with Gasteiger partial charge in [0.05, 0.1) is 28.7 Å². The zero-order valence-corrected chi connectivity index (χ0v) is 15.7. The molecular formula is C18H23Cl2NO4. The minimum Gasteiger partial charge on any atom is -0.395 e. The first kappa shape index (κ1) is 18.9. The largest absolute Gasteiger partial charge is 0.395 e. The Morgan fingerprint density at radius 2 is 2.08 bits per heavy atom. The molecule has 0 aliphatic carbocycles.